The number of aromatic nitrogens is 2. The monoisotopic (exact) mass is 358 g/mol. The average molecular weight is 358 g/mol. The maximum atomic E-state index is 12.7. The van der Waals surface area contributed by atoms with Crippen LogP contribution in [0.2, 0.25) is 0 Å². The largest absolute Gasteiger partial charge is 0.427 e. The second kappa shape index (κ2) is 7.86. The topological polar surface area (TPSA) is 89.2 Å². The molecule has 2 aromatic heterocycles. The van der Waals surface area contributed by atoms with E-state index in [1.165, 1.54) is 0 Å². The summed E-state index contributed by atoms with van der Waals surface area (Å²) < 4.78 is 7.23. The molecule has 2 N–H and O–H groups in total. The molecule has 7 nitrogen and oxygen atoms in total. The minimum Gasteiger partial charge on any atom is -0.427 e. The van der Waals surface area contributed by atoms with Crippen LogP contribution in [-0.2, 0) is 6.54 Å². The van der Waals surface area contributed by atoms with Crippen molar-refractivity contribution in [3.8, 4) is 0 Å². The Kier molecular flexibility index (Phi) is 5.56. The summed E-state index contributed by atoms with van der Waals surface area (Å²) in [5.74, 6) is 0.972. The predicted octanol–water partition coefficient (Wildman–Crippen LogP) is 2.58. The molecule has 0 bridgehead atoms. The summed E-state index contributed by atoms with van der Waals surface area (Å²) in [7, 11) is 0. The maximum absolute atomic E-state index is 12.7. The quantitative estimate of drug-likeness (QED) is 0.857. The molecule has 0 spiro atoms. The first-order valence-corrected chi connectivity index (χ1v) is 9.20. The molecule has 3 heterocycles. The fourth-order valence-electron chi connectivity index (χ4n) is 3.41. The zero-order valence-electron chi connectivity index (χ0n) is 15.6. The fourth-order valence-corrected chi connectivity index (χ4v) is 3.41. The van der Waals surface area contributed by atoms with Crippen molar-refractivity contribution in [2.24, 2.45) is 0 Å². The Hall–Kier alpha value is -2.41. The molecule has 26 heavy (non-hydrogen) atoms. The standard InChI is InChI=1S/C19H26N4O3/c1-4-8-23-16(10-13(3)22-23)21-18(24)17-12(2)9-15(26-19(17)25)14-6-5-7-20-11-14/h9-10,14,20H,4-8,11H2,1-3H3,(H,21,24). The second-order valence-electron chi connectivity index (χ2n) is 6.89. The number of anilines is 1. The van der Waals surface area contributed by atoms with Gasteiger partial charge in [-0.05, 0) is 51.3 Å². The highest BCUT2D eigenvalue weighted by Gasteiger charge is 2.23. The van der Waals surface area contributed by atoms with Crippen molar-refractivity contribution in [2.45, 2.75) is 52.5 Å². The summed E-state index contributed by atoms with van der Waals surface area (Å²) in [6, 6.07) is 3.62. The minimum absolute atomic E-state index is 0.0550. The van der Waals surface area contributed by atoms with Gasteiger partial charge in [-0.15, -0.1) is 0 Å². The number of rotatable bonds is 5. The number of carbonyl (C=O) groups excluding carboxylic acids is 1. The summed E-state index contributed by atoms with van der Waals surface area (Å²) in [6.45, 7) is 8.17. The molecule has 0 aliphatic carbocycles. The van der Waals surface area contributed by atoms with Crippen LogP contribution < -0.4 is 16.3 Å². The zero-order valence-corrected chi connectivity index (χ0v) is 15.6. The van der Waals surface area contributed by atoms with Gasteiger partial charge in [0.05, 0.1) is 5.69 Å². The van der Waals surface area contributed by atoms with Gasteiger partial charge < -0.3 is 15.1 Å². The molecule has 2 aromatic rings. The van der Waals surface area contributed by atoms with Gasteiger partial charge in [0.25, 0.3) is 5.91 Å². The van der Waals surface area contributed by atoms with E-state index in [4.69, 9.17) is 4.42 Å². The van der Waals surface area contributed by atoms with E-state index in [0.29, 0.717) is 23.7 Å². The van der Waals surface area contributed by atoms with Crippen molar-refractivity contribution < 1.29 is 9.21 Å². The number of amides is 1. The molecule has 7 heteroatoms. The Bertz CT molecular complexity index is 847. The van der Waals surface area contributed by atoms with Crippen LogP contribution in [0.3, 0.4) is 0 Å². The number of nitrogens with one attached hydrogen (secondary N) is 2. The van der Waals surface area contributed by atoms with Crippen LogP contribution in [-0.4, -0.2) is 28.8 Å². The third kappa shape index (κ3) is 3.88. The summed E-state index contributed by atoms with van der Waals surface area (Å²) in [6.07, 6.45) is 2.93. The lowest BCUT2D eigenvalue weighted by Gasteiger charge is -2.22. The Balaban J connectivity index is 1.84. The third-order valence-electron chi connectivity index (χ3n) is 4.67. The molecule has 1 aliphatic heterocycles. The minimum atomic E-state index is -0.582. The molecular formula is C19H26N4O3. The van der Waals surface area contributed by atoms with Gasteiger partial charge in [-0.1, -0.05) is 6.92 Å². The molecule has 0 radical (unpaired) electrons. The van der Waals surface area contributed by atoms with Crippen LogP contribution in [0.25, 0.3) is 0 Å². The van der Waals surface area contributed by atoms with Crippen LogP contribution in [0.5, 0.6) is 0 Å². The number of hydrogen-bond acceptors (Lipinski definition) is 5. The first-order valence-electron chi connectivity index (χ1n) is 9.20. The molecule has 1 fully saturated rings. The molecule has 1 saturated heterocycles. The molecule has 1 unspecified atom stereocenters. The van der Waals surface area contributed by atoms with E-state index in [2.05, 4.69) is 15.7 Å². The first kappa shape index (κ1) is 18.4. The van der Waals surface area contributed by atoms with Crippen LogP contribution >= 0.6 is 0 Å². The number of piperidine rings is 1. The number of hydrogen-bond donors (Lipinski definition) is 2. The lowest BCUT2D eigenvalue weighted by molar-refractivity contribution is 0.102. The number of carbonyl (C=O) groups is 1. The third-order valence-corrected chi connectivity index (χ3v) is 4.67. The van der Waals surface area contributed by atoms with Crippen LogP contribution in [0, 0.1) is 13.8 Å². The van der Waals surface area contributed by atoms with Gasteiger partial charge in [-0.2, -0.15) is 5.10 Å². The van der Waals surface area contributed by atoms with Gasteiger partial charge >= 0.3 is 5.63 Å². The summed E-state index contributed by atoms with van der Waals surface area (Å²) >= 11 is 0. The van der Waals surface area contributed by atoms with E-state index in [-0.39, 0.29) is 11.5 Å². The second-order valence-corrected chi connectivity index (χ2v) is 6.89. The van der Waals surface area contributed by atoms with E-state index in [9.17, 15) is 9.59 Å². The van der Waals surface area contributed by atoms with E-state index in [1.807, 2.05) is 19.9 Å². The van der Waals surface area contributed by atoms with Gasteiger partial charge in [0.1, 0.15) is 17.1 Å². The highest BCUT2D eigenvalue weighted by Crippen LogP contribution is 2.24. The Morgan fingerprint density at radius 2 is 2.23 bits per heavy atom. The van der Waals surface area contributed by atoms with Crippen molar-refractivity contribution in [1.82, 2.24) is 15.1 Å². The molecule has 1 aliphatic rings. The molecule has 0 saturated carbocycles. The highest BCUT2D eigenvalue weighted by molar-refractivity contribution is 6.04. The Morgan fingerprint density at radius 3 is 2.88 bits per heavy atom. The molecule has 1 amide bonds. The van der Waals surface area contributed by atoms with Crippen molar-refractivity contribution in [1.29, 1.82) is 0 Å². The summed E-state index contributed by atoms with van der Waals surface area (Å²) in [5, 5.41) is 10.5. The number of aryl methyl sites for hydroxylation is 3. The highest BCUT2D eigenvalue weighted by atomic mass is 16.4. The molecule has 3 rings (SSSR count). The van der Waals surface area contributed by atoms with E-state index >= 15 is 0 Å². The molecule has 0 aromatic carbocycles. The van der Waals surface area contributed by atoms with Crippen molar-refractivity contribution in [3.05, 3.63) is 45.1 Å². The number of nitrogens with zero attached hydrogens (tertiary/aromatic N) is 2. The Morgan fingerprint density at radius 1 is 1.42 bits per heavy atom. The average Bonchev–Trinajstić information content (AvgIpc) is 2.94. The lowest BCUT2D eigenvalue weighted by Crippen LogP contribution is -2.30. The van der Waals surface area contributed by atoms with Crippen molar-refractivity contribution in [2.75, 3.05) is 18.4 Å². The van der Waals surface area contributed by atoms with Crippen molar-refractivity contribution >= 4 is 11.7 Å². The molecule has 140 valence electrons. The van der Waals surface area contributed by atoms with Crippen molar-refractivity contribution in [3.63, 3.8) is 0 Å². The fraction of sp³-hybridized carbons (Fsp3) is 0.526. The van der Waals surface area contributed by atoms with Crippen LogP contribution in [0.15, 0.2) is 21.3 Å². The van der Waals surface area contributed by atoms with Crippen LogP contribution in [0.1, 0.15) is 59.5 Å². The lowest BCUT2D eigenvalue weighted by atomic mass is 9.95. The smallest absolute Gasteiger partial charge is 0.349 e. The first-order chi connectivity index (χ1) is 12.5. The Labute approximate surface area is 152 Å². The molecular weight excluding hydrogens is 332 g/mol. The van der Waals surface area contributed by atoms with Gasteiger partial charge in [-0.25, -0.2) is 9.48 Å². The predicted molar refractivity (Wildman–Crippen MR) is 99.8 cm³/mol. The van der Waals surface area contributed by atoms with E-state index in [0.717, 1.165) is 38.0 Å². The van der Waals surface area contributed by atoms with Gasteiger partial charge in [0.15, 0.2) is 0 Å². The molecule has 1 atom stereocenters. The van der Waals surface area contributed by atoms with Gasteiger partial charge in [0, 0.05) is 25.1 Å². The summed E-state index contributed by atoms with van der Waals surface area (Å²) in [4.78, 5) is 25.2. The van der Waals surface area contributed by atoms with Gasteiger partial charge in [-0.3, -0.25) is 4.79 Å². The van der Waals surface area contributed by atoms with Gasteiger partial charge in [0.2, 0.25) is 0 Å². The van der Waals surface area contributed by atoms with E-state index < -0.39 is 11.5 Å². The van der Waals surface area contributed by atoms with Crippen LogP contribution in [0.4, 0.5) is 5.82 Å². The normalized spacial score (nSPS) is 17.3. The zero-order chi connectivity index (χ0) is 18.7. The SMILES string of the molecule is CCCn1nc(C)cc1NC(=O)c1c(C)cc(C2CCCNC2)oc1=O. The van der Waals surface area contributed by atoms with E-state index in [1.54, 1.807) is 17.7 Å². The maximum Gasteiger partial charge on any atom is 0.349 e. The summed E-state index contributed by atoms with van der Waals surface area (Å²) in [5.41, 5.74) is 0.927.